The summed E-state index contributed by atoms with van der Waals surface area (Å²) in [6.07, 6.45) is 6.00. The molecule has 0 spiro atoms. The third kappa shape index (κ3) is 3.94. The number of piperidine rings is 1. The van der Waals surface area contributed by atoms with Gasteiger partial charge in [-0.05, 0) is 65.3 Å². The van der Waals surface area contributed by atoms with Gasteiger partial charge in [-0.1, -0.05) is 6.92 Å². The maximum Gasteiger partial charge on any atom is 0.105 e. The van der Waals surface area contributed by atoms with Crippen LogP contribution >= 0.6 is 0 Å². The highest BCUT2D eigenvalue weighted by molar-refractivity contribution is 5.08. The van der Waals surface area contributed by atoms with Crippen LogP contribution in [0, 0.1) is 17.2 Å². The highest BCUT2D eigenvalue weighted by Gasteiger charge is 2.36. The van der Waals surface area contributed by atoms with Gasteiger partial charge in [0.1, 0.15) is 5.54 Å². The smallest absolute Gasteiger partial charge is 0.105 e. The van der Waals surface area contributed by atoms with Gasteiger partial charge in [0.2, 0.25) is 0 Å². The molecule has 4 atom stereocenters. The van der Waals surface area contributed by atoms with E-state index in [9.17, 15) is 5.26 Å². The lowest BCUT2D eigenvalue weighted by Gasteiger charge is -2.42. The van der Waals surface area contributed by atoms with Crippen LogP contribution < -0.4 is 5.32 Å². The molecule has 1 N–H and O–H groups in total. The van der Waals surface area contributed by atoms with Gasteiger partial charge in [-0.2, -0.15) is 5.26 Å². The van der Waals surface area contributed by atoms with E-state index in [1.807, 2.05) is 0 Å². The molecule has 4 unspecified atom stereocenters. The van der Waals surface area contributed by atoms with Crippen molar-refractivity contribution < 1.29 is 0 Å². The van der Waals surface area contributed by atoms with Crippen molar-refractivity contribution >= 4 is 0 Å². The first kappa shape index (κ1) is 14.8. The Morgan fingerprint density at radius 2 is 2.05 bits per heavy atom. The molecule has 3 heteroatoms. The summed E-state index contributed by atoms with van der Waals surface area (Å²) in [7, 11) is 0. The van der Waals surface area contributed by atoms with Crippen molar-refractivity contribution in [3.63, 3.8) is 0 Å². The quantitative estimate of drug-likeness (QED) is 0.829. The first-order chi connectivity index (χ1) is 8.93. The largest absolute Gasteiger partial charge is 0.298 e. The van der Waals surface area contributed by atoms with Crippen LogP contribution in [-0.4, -0.2) is 35.1 Å². The maximum atomic E-state index is 9.49. The molecule has 0 radical (unpaired) electrons. The first-order valence-corrected chi connectivity index (χ1v) is 7.88. The molecule has 1 aliphatic heterocycles. The zero-order valence-corrected chi connectivity index (χ0v) is 12.9. The zero-order chi connectivity index (χ0) is 14.0. The molecule has 2 fully saturated rings. The molecule has 2 aliphatic rings. The SMILES string of the molecule is CC1CCN(C(C)CC(C)(C#N)NC2CC2)C(C)C1. The Morgan fingerprint density at radius 1 is 1.37 bits per heavy atom. The number of nitriles is 1. The summed E-state index contributed by atoms with van der Waals surface area (Å²) in [5.41, 5.74) is -0.358. The van der Waals surface area contributed by atoms with Crippen molar-refractivity contribution in [2.75, 3.05) is 6.54 Å². The molecule has 0 aromatic carbocycles. The predicted molar refractivity (Wildman–Crippen MR) is 78.8 cm³/mol. The van der Waals surface area contributed by atoms with Crippen molar-refractivity contribution in [3.05, 3.63) is 0 Å². The monoisotopic (exact) mass is 263 g/mol. The van der Waals surface area contributed by atoms with Gasteiger partial charge in [-0.25, -0.2) is 0 Å². The minimum atomic E-state index is -0.358. The third-order valence-electron chi connectivity index (χ3n) is 4.81. The van der Waals surface area contributed by atoms with Crippen molar-refractivity contribution in [1.29, 1.82) is 5.26 Å². The fourth-order valence-electron chi connectivity index (χ4n) is 3.60. The predicted octanol–water partition coefficient (Wildman–Crippen LogP) is 2.92. The minimum absolute atomic E-state index is 0.358. The number of nitrogens with one attached hydrogen (secondary N) is 1. The molecule has 1 aliphatic carbocycles. The molecule has 0 aromatic rings. The number of hydrogen-bond donors (Lipinski definition) is 1. The molecule has 0 amide bonds. The second-order valence-electron chi connectivity index (χ2n) is 7.13. The average Bonchev–Trinajstić information content (AvgIpc) is 3.12. The van der Waals surface area contributed by atoms with Gasteiger partial charge >= 0.3 is 0 Å². The summed E-state index contributed by atoms with van der Waals surface area (Å²) >= 11 is 0. The molecular weight excluding hydrogens is 234 g/mol. The van der Waals surface area contributed by atoms with E-state index in [2.05, 4.69) is 44.0 Å². The van der Waals surface area contributed by atoms with E-state index in [0.717, 1.165) is 12.3 Å². The summed E-state index contributed by atoms with van der Waals surface area (Å²) in [5, 5.41) is 13.0. The fraction of sp³-hybridized carbons (Fsp3) is 0.938. The van der Waals surface area contributed by atoms with Gasteiger partial charge < -0.3 is 0 Å². The highest BCUT2D eigenvalue weighted by atomic mass is 15.2. The van der Waals surface area contributed by atoms with E-state index in [4.69, 9.17) is 0 Å². The topological polar surface area (TPSA) is 39.1 Å². The molecule has 0 aromatic heterocycles. The van der Waals surface area contributed by atoms with E-state index >= 15 is 0 Å². The van der Waals surface area contributed by atoms with Crippen LogP contribution in [0.1, 0.15) is 59.8 Å². The van der Waals surface area contributed by atoms with E-state index < -0.39 is 0 Å². The van der Waals surface area contributed by atoms with Gasteiger partial charge in [0.25, 0.3) is 0 Å². The summed E-state index contributed by atoms with van der Waals surface area (Å²) in [6.45, 7) is 10.2. The first-order valence-electron chi connectivity index (χ1n) is 7.88. The van der Waals surface area contributed by atoms with E-state index in [-0.39, 0.29) is 5.54 Å². The fourth-order valence-corrected chi connectivity index (χ4v) is 3.60. The van der Waals surface area contributed by atoms with Crippen molar-refractivity contribution in [3.8, 4) is 6.07 Å². The second kappa shape index (κ2) is 5.81. The van der Waals surface area contributed by atoms with Crippen LogP contribution in [0.5, 0.6) is 0 Å². The summed E-state index contributed by atoms with van der Waals surface area (Å²) in [5.74, 6) is 0.852. The Labute approximate surface area is 118 Å². The van der Waals surface area contributed by atoms with Crippen LogP contribution in [0.4, 0.5) is 0 Å². The van der Waals surface area contributed by atoms with Crippen LogP contribution in [0.25, 0.3) is 0 Å². The molecule has 1 saturated carbocycles. The Hall–Kier alpha value is -0.590. The molecular formula is C16H29N3. The Bertz CT molecular complexity index is 344. The number of nitrogens with zero attached hydrogens (tertiary/aromatic N) is 2. The average molecular weight is 263 g/mol. The lowest BCUT2D eigenvalue weighted by Crippen LogP contribution is -2.51. The van der Waals surface area contributed by atoms with Gasteiger partial charge in [-0.3, -0.25) is 10.2 Å². The minimum Gasteiger partial charge on any atom is -0.298 e. The van der Waals surface area contributed by atoms with Gasteiger partial charge in [0.05, 0.1) is 6.07 Å². The number of hydrogen-bond acceptors (Lipinski definition) is 3. The molecule has 1 heterocycles. The zero-order valence-electron chi connectivity index (χ0n) is 12.9. The van der Waals surface area contributed by atoms with Gasteiger partial charge in [0.15, 0.2) is 0 Å². The van der Waals surface area contributed by atoms with E-state index in [0.29, 0.717) is 18.1 Å². The van der Waals surface area contributed by atoms with Crippen LogP contribution in [0.2, 0.25) is 0 Å². The lowest BCUT2D eigenvalue weighted by molar-refractivity contribution is 0.0759. The molecule has 108 valence electrons. The molecule has 2 rings (SSSR count). The molecule has 19 heavy (non-hydrogen) atoms. The van der Waals surface area contributed by atoms with Gasteiger partial charge in [-0.15, -0.1) is 0 Å². The number of rotatable bonds is 5. The van der Waals surface area contributed by atoms with Crippen LogP contribution in [0.3, 0.4) is 0 Å². The second-order valence-corrected chi connectivity index (χ2v) is 7.13. The summed E-state index contributed by atoms with van der Waals surface area (Å²) < 4.78 is 0. The lowest BCUT2D eigenvalue weighted by atomic mass is 9.88. The Balaban J connectivity index is 1.91. The van der Waals surface area contributed by atoms with Crippen molar-refractivity contribution in [2.45, 2.75) is 83.5 Å². The van der Waals surface area contributed by atoms with Crippen molar-refractivity contribution in [1.82, 2.24) is 10.2 Å². The number of likely N-dealkylation sites (tertiary alicyclic amines) is 1. The summed E-state index contributed by atoms with van der Waals surface area (Å²) in [6, 6.07) is 4.24. The van der Waals surface area contributed by atoms with Crippen LogP contribution in [-0.2, 0) is 0 Å². The Morgan fingerprint density at radius 3 is 2.58 bits per heavy atom. The maximum absolute atomic E-state index is 9.49. The van der Waals surface area contributed by atoms with Gasteiger partial charge in [0, 0.05) is 18.1 Å². The van der Waals surface area contributed by atoms with Crippen molar-refractivity contribution in [2.24, 2.45) is 5.92 Å². The Kier molecular flexibility index (Phi) is 4.53. The highest BCUT2D eigenvalue weighted by Crippen LogP contribution is 2.29. The van der Waals surface area contributed by atoms with E-state index in [1.54, 1.807) is 0 Å². The summed E-state index contributed by atoms with van der Waals surface area (Å²) in [4.78, 5) is 2.60. The van der Waals surface area contributed by atoms with E-state index in [1.165, 1.54) is 32.2 Å². The molecule has 3 nitrogen and oxygen atoms in total. The molecule has 1 saturated heterocycles. The normalized spacial score (nSPS) is 33.4. The third-order valence-corrected chi connectivity index (χ3v) is 4.81. The van der Waals surface area contributed by atoms with Crippen LogP contribution in [0.15, 0.2) is 0 Å². The standard InChI is InChI=1S/C16H29N3/c1-12-7-8-19(13(2)9-12)14(3)10-16(4,11-17)18-15-5-6-15/h12-15,18H,5-10H2,1-4H3. The molecule has 0 bridgehead atoms.